The molecule has 4 rings (SSSR count). The van der Waals surface area contributed by atoms with E-state index in [2.05, 4.69) is 37.6 Å². The second-order valence-electron chi connectivity index (χ2n) is 6.01. The van der Waals surface area contributed by atoms with Gasteiger partial charge in [-0.05, 0) is 37.8 Å². The minimum absolute atomic E-state index is 0.681. The summed E-state index contributed by atoms with van der Waals surface area (Å²) in [5, 5.41) is 11.8. The first kappa shape index (κ1) is 13.2. The summed E-state index contributed by atoms with van der Waals surface area (Å²) in [6.07, 6.45) is 3.99. The van der Waals surface area contributed by atoms with Crippen LogP contribution in [0.1, 0.15) is 25.0 Å². The van der Waals surface area contributed by atoms with E-state index in [-0.39, 0.29) is 0 Å². The van der Waals surface area contributed by atoms with Crippen LogP contribution < -0.4 is 5.32 Å². The van der Waals surface area contributed by atoms with Gasteiger partial charge in [-0.3, -0.25) is 10.1 Å². The van der Waals surface area contributed by atoms with Crippen LogP contribution in [0.15, 0.2) is 30.3 Å². The lowest BCUT2D eigenvalue weighted by Crippen LogP contribution is -2.21. The largest absolute Gasteiger partial charge is 0.353 e. The van der Waals surface area contributed by atoms with Gasteiger partial charge in [0.2, 0.25) is 5.95 Å². The molecule has 3 aromatic rings. The van der Waals surface area contributed by atoms with E-state index in [1.807, 2.05) is 25.1 Å². The summed E-state index contributed by atoms with van der Waals surface area (Å²) in [6.45, 7) is 2.97. The van der Waals surface area contributed by atoms with Gasteiger partial charge in [0.05, 0.1) is 5.52 Å². The highest BCUT2D eigenvalue weighted by Crippen LogP contribution is 2.28. The van der Waals surface area contributed by atoms with Crippen LogP contribution in [0.25, 0.3) is 22.3 Å². The topological polar surface area (TPSA) is 66.5 Å². The Kier molecular flexibility index (Phi) is 3.25. The number of H-pyrrole nitrogens is 1. The van der Waals surface area contributed by atoms with Gasteiger partial charge in [-0.1, -0.05) is 24.6 Å². The molecule has 2 aromatic heterocycles. The molecule has 5 heteroatoms. The molecular weight excluding hydrogens is 274 g/mol. The van der Waals surface area contributed by atoms with Gasteiger partial charge in [0.15, 0.2) is 5.82 Å². The first-order valence-electron chi connectivity index (χ1n) is 7.82. The second kappa shape index (κ2) is 5.40. The Balaban J connectivity index is 1.65. The van der Waals surface area contributed by atoms with Crippen LogP contribution in [0.3, 0.4) is 0 Å². The Hall–Kier alpha value is -2.43. The maximum atomic E-state index is 4.60. The average Bonchev–Trinajstić information content (AvgIpc) is 2.93. The summed E-state index contributed by atoms with van der Waals surface area (Å²) in [5.74, 6) is 2.25. The number of pyridine rings is 1. The number of fused-ring (bicyclic) bond motifs is 1. The molecule has 0 radical (unpaired) electrons. The molecule has 0 unspecified atom stereocenters. The fourth-order valence-electron chi connectivity index (χ4n) is 2.90. The minimum atomic E-state index is 0.681. The Bertz CT molecular complexity index is 804. The van der Waals surface area contributed by atoms with Crippen LogP contribution in [0.5, 0.6) is 0 Å². The SMILES string of the molecule is Cc1cc(-c2nc(NCC3CCC3)n[nH]2)c2ccccc2n1. The Morgan fingerprint density at radius 1 is 1.23 bits per heavy atom. The van der Waals surface area contributed by atoms with Crippen molar-refractivity contribution < 1.29 is 0 Å². The first-order valence-corrected chi connectivity index (χ1v) is 7.82. The molecule has 0 aliphatic heterocycles. The molecule has 1 fully saturated rings. The van der Waals surface area contributed by atoms with Crippen LogP contribution in [-0.4, -0.2) is 26.7 Å². The van der Waals surface area contributed by atoms with Crippen LogP contribution in [0.4, 0.5) is 5.95 Å². The van der Waals surface area contributed by atoms with Crippen molar-refractivity contribution >= 4 is 16.9 Å². The number of rotatable bonds is 4. The average molecular weight is 293 g/mol. The maximum Gasteiger partial charge on any atom is 0.242 e. The number of anilines is 1. The standard InChI is InChI=1S/C17H19N5/c1-11-9-14(13-7-2-3-8-15(13)19-11)16-20-17(22-21-16)18-10-12-5-4-6-12/h2-3,7-9,12H,4-6,10H2,1H3,(H2,18,20,21,22). The predicted molar refractivity (Wildman–Crippen MR) is 87.7 cm³/mol. The highest BCUT2D eigenvalue weighted by Gasteiger charge is 2.18. The van der Waals surface area contributed by atoms with E-state index in [9.17, 15) is 0 Å². The fraction of sp³-hybridized carbons (Fsp3) is 0.353. The van der Waals surface area contributed by atoms with Gasteiger partial charge in [-0.25, -0.2) is 0 Å². The molecule has 0 spiro atoms. The van der Waals surface area contributed by atoms with Crippen LogP contribution >= 0.6 is 0 Å². The van der Waals surface area contributed by atoms with E-state index in [0.717, 1.165) is 40.4 Å². The highest BCUT2D eigenvalue weighted by molar-refractivity contribution is 5.92. The van der Waals surface area contributed by atoms with Gasteiger partial charge in [-0.2, -0.15) is 4.98 Å². The zero-order valence-electron chi connectivity index (χ0n) is 12.6. The van der Waals surface area contributed by atoms with Gasteiger partial charge in [0, 0.05) is 23.2 Å². The number of hydrogen-bond donors (Lipinski definition) is 2. The molecule has 0 saturated heterocycles. The number of nitrogens with zero attached hydrogens (tertiary/aromatic N) is 3. The molecule has 2 N–H and O–H groups in total. The summed E-state index contributed by atoms with van der Waals surface area (Å²) >= 11 is 0. The number of para-hydroxylation sites is 1. The van der Waals surface area contributed by atoms with Crippen molar-refractivity contribution in [3.05, 3.63) is 36.0 Å². The number of nitrogens with one attached hydrogen (secondary N) is 2. The summed E-state index contributed by atoms with van der Waals surface area (Å²) in [6, 6.07) is 10.2. The van der Waals surface area contributed by atoms with E-state index in [1.165, 1.54) is 19.3 Å². The predicted octanol–water partition coefficient (Wildman–Crippen LogP) is 3.54. The van der Waals surface area contributed by atoms with Gasteiger partial charge < -0.3 is 5.32 Å². The van der Waals surface area contributed by atoms with Crippen molar-refractivity contribution in [3.63, 3.8) is 0 Å². The van der Waals surface area contributed by atoms with Crippen molar-refractivity contribution in [2.24, 2.45) is 5.92 Å². The van der Waals surface area contributed by atoms with Crippen molar-refractivity contribution in [3.8, 4) is 11.4 Å². The van der Waals surface area contributed by atoms with E-state index < -0.39 is 0 Å². The van der Waals surface area contributed by atoms with Crippen molar-refractivity contribution in [2.45, 2.75) is 26.2 Å². The quantitative estimate of drug-likeness (QED) is 0.772. The zero-order chi connectivity index (χ0) is 14.9. The molecule has 1 aliphatic rings. The summed E-state index contributed by atoms with van der Waals surface area (Å²) in [5.41, 5.74) is 3.01. The number of aromatic amines is 1. The van der Waals surface area contributed by atoms with E-state index in [1.54, 1.807) is 0 Å². The zero-order valence-corrected chi connectivity index (χ0v) is 12.6. The molecule has 1 saturated carbocycles. The number of hydrogen-bond acceptors (Lipinski definition) is 4. The van der Waals surface area contributed by atoms with Gasteiger partial charge in [0.1, 0.15) is 0 Å². The van der Waals surface area contributed by atoms with Crippen molar-refractivity contribution in [1.29, 1.82) is 0 Å². The molecular formula is C17H19N5. The molecule has 1 aliphatic carbocycles. The Labute approximate surface area is 129 Å². The summed E-state index contributed by atoms with van der Waals surface area (Å²) < 4.78 is 0. The molecule has 0 amide bonds. The van der Waals surface area contributed by atoms with E-state index in [0.29, 0.717) is 5.95 Å². The molecule has 2 heterocycles. The molecule has 1 aromatic carbocycles. The third-order valence-corrected chi connectivity index (χ3v) is 4.36. The molecule has 0 atom stereocenters. The number of aryl methyl sites for hydroxylation is 1. The lowest BCUT2D eigenvalue weighted by molar-refractivity contribution is 0.333. The fourth-order valence-corrected chi connectivity index (χ4v) is 2.90. The van der Waals surface area contributed by atoms with Crippen molar-refractivity contribution in [2.75, 3.05) is 11.9 Å². The highest BCUT2D eigenvalue weighted by atomic mass is 15.3. The summed E-state index contributed by atoms with van der Waals surface area (Å²) in [4.78, 5) is 9.17. The Morgan fingerprint density at radius 3 is 2.91 bits per heavy atom. The second-order valence-corrected chi connectivity index (χ2v) is 6.01. The third-order valence-electron chi connectivity index (χ3n) is 4.36. The van der Waals surface area contributed by atoms with Crippen molar-refractivity contribution in [1.82, 2.24) is 20.2 Å². The minimum Gasteiger partial charge on any atom is -0.353 e. The monoisotopic (exact) mass is 293 g/mol. The van der Waals surface area contributed by atoms with Gasteiger partial charge >= 0.3 is 0 Å². The van der Waals surface area contributed by atoms with Gasteiger partial charge in [-0.15, -0.1) is 5.10 Å². The Morgan fingerprint density at radius 2 is 2.09 bits per heavy atom. The van der Waals surface area contributed by atoms with E-state index in [4.69, 9.17) is 0 Å². The van der Waals surface area contributed by atoms with Crippen LogP contribution in [-0.2, 0) is 0 Å². The maximum absolute atomic E-state index is 4.60. The number of benzene rings is 1. The van der Waals surface area contributed by atoms with Crippen LogP contribution in [0, 0.1) is 12.8 Å². The summed E-state index contributed by atoms with van der Waals surface area (Å²) in [7, 11) is 0. The molecule has 0 bridgehead atoms. The lowest BCUT2D eigenvalue weighted by Gasteiger charge is -2.24. The van der Waals surface area contributed by atoms with Crippen LogP contribution in [0.2, 0.25) is 0 Å². The normalized spacial score (nSPS) is 15.0. The first-order chi connectivity index (χ1) is 10.8. The molecule has 112 valence electrons. The smallest absolute Gasteiger partial charge is 0.242 e. The van der Waals surface area contributed by atoms with Gasteiger partial charge in [0.25, 0.3) is 0 Å². The molecule has 22 heavy (non-hydrogen) atoms. The third kappa shape index (κ3) is 2.43. The molecule has 5 nitrogen and oxygen atoms in total. The lowest BCUT2D eigenvalue weighted by atomic mass is 9.85. The van der Waals surface area contributed by atoms with E-state index >= 15 is 0 Å². The number of aromatic nitrogens is 4.